The molecule has 0 spiro atoms. The summed E-state index contributed by atoms with van der Waals surface area (Å²) in [6.45, 7) is 12.4. The lowest BCUT2D eigenvalue weighted by Gasteiger charge is -2.20. The lowest BCUT2D eigenvalue weighted by Crippen LogP contribution is -2.24. The normalized spacial score (nSPS) is 14.2. The standard InChI is InChI=1S/C18H31NS/c1-6-10-19-18(13-20-12-14(3)7-2)17-9-8-15(4)16(5)11-17/h8-9,11,14,18-19H,6-7,10,12-13H2,1-5H3. The third-order valence-electron chi connectivity index (χ3n) is 3.96. The summed E-state index contributed by atoms with van der Waals surface area (Å²) in [5.74, 6) is 3.27. The van der Waals surface area contributed by atoms with Crippen LogP contribution < -0.4 is 5.32 Å². The number of aryl methyl sites for hydroxylation is 2. The van der Waals surface area contributed by atoms with Crippen molar-refractivity contribution in [3.05, 3.63) is 34.9 Å². The first-order valence-electron chi connectivity index (χ1n) is 7.96. The van der Waals surface area contributed by atoms with Gasteiger partial charge < -0.3 is 5.32 Å². The van der Waals surface area contributed by atoms with Crippen LogP contribution in [0.5, 0.6) is 0 Å². The molecule has 1 aromatic rings. The van der Waals surface area contributed by atoms with E-state index in [1.807, 2.05) is 0 Å². The van der Waals surface area contributed by atoms with Gasteiger partial charge in [-0.05, 0) is 55.2 Å². The molecule has 0 aromatic heterocycles. The van der Waals surface area contributed by atoms with E-state index in [1.165, 1.54) is 41.0 Å². The first-order valence-corrected chi connectivity index (χ1v) is 9.12. The Morgan fingerprint density at radius 2 is 1.85 bits per heavy atom. The molecular weight excluding hydrogens is 262 g/mol. The highest BCUT2D eigenvalue weighted by molar-refractivity contribution is 7.99. The Bertz CT molecular complexity index is 389. The zero-order valence-electron chi connectivity index (χ0n) is 13.8. The SMILES string of the molecule is CCCNC(CSCC(C)CC)c1ccc(C)c(C)c1. The number of hydrogen-bond acceptors (Lipinski definition) is 2. The second kappa shape index (κ2) is 9.46. The van der Waals surface area contributed by atoms with E-state index in [-0.39, 0.29) is 0 Å². The van der Waals surface area contributed by atoms with Crippen LogP contribution in [0.3, 0.4) is 0 Å². The van der Waals surface area contributed by atoms with Crippen molar-refractivity contribution in [2.75, 3.05) is 18.1 Å². The topological polar surface area (TPSA) is 12.0 Å². The van der Waals surface area contributed by atoms with Gasteiger partial charge in [0.15, 0.2) is 0 Å². The van der Waals surface area contributed by atoms with Crippen molar-refractivity contribution in [3.8, 4) is 0 Å². The van der Waals surface area contributed by atoms with Crippen LogP contribution >= 0.6 is 11.8 Å². The molecule has 0 aliphatic carbocycles. The summed E-state index contributed by atoms with van der Waals surface area (Å²) in [4.78, 5) is 0. The molecule has 0 heterocycles. The molecule has 1 N–H and O–H groups in total. The molecule has 0 amide bonds. The molecule has 0 fully saturated rings. The average molecular weight is 294 g/mol. The summed E-state index contributed by atoms with van der Waals surface area (Å²) < 4.78 is 0. The lowest BCUT2D eigenvalue weighted by molar-refractivity contribution is 0.575. The smallest absolute Gasteiger partial charge is 0.0411 e. The van der Waals surface area contributed by atoms with E-state index < -0.39 is 0 Å². The van der Waals surface area contributed by atoms with Gasteiger partial charge in [0.25, 0.3) is 0 Å². The first-order chi connectivity index (χ1) is 9.58. The van der Waals surface area contributed by atoms with E-state index in [0.29, 0.717) is 6.04 Å². The van der Waals surface area contributed by atoms with E-state index in [4.69, 9.17) is 0 Å². The van der Waals surface area contributed by atoms with Crippen LogP contribution in [-0.2, 0) is 0 Å². The molecule has 0 bridgehead atoms. The van der Waals surface area contributed by atoms with E-state index in [2.05, 4.69) is 69.9 Å². The summed E-state index contributed by atoms with van der Waals surface area (Å²) >= 11 is 2.09. The van der Waals surface area contributed by atoms with Gasteiger partial charge in [-0.2, -0.15) is 11.8 Å². The van der Waals surface area contributed by atoms with Crippen molar-refractivity contribution in [1.82, 2.24) is 5.32 Å². The van der Waals surface area contributed by atoms with Gasteiger partial charge in [0.2, 0.25) is 0 Å². The zero-order chi connectivity index (χ0) is 15.0. The van der Waals surface area contributed by atoms with Crippen LogP contribution in [0.1, 0.15) is 56.3 Å². The molecule has 0 saturated heterocycles. The highest BCUT2D eigenvalue weighted by Gasteiger charge is 2.12. The fourth-order valence-electron chi connectivity index (χ4n) is 2.08. The van der Waals surface area contributed by atoms with Crippen molar-refractivity contribution in [2.24, 2.45) is 5.92 Å². The van der Waals surface area contributed by atoms with Crippen molar-refractivity contribution < 1.29 is 0 Å². The van der Waals surface area contributed by atoms with Crippen molar-refractivity contribution >= 4 is 11.8 Å². The minimum absolute atomic E-state index is 0.489. The monoisotopic (exact) mass is 293 g/mol. The number of thioether (sulfide) groups is 1. The average Bonchev–Trinajstić information content (AvgIpc) is 2.45. The Balaban J connectivity index is 2.64. The Morgan fingerprint density at radius 1 is 1.10 bits per heavy atom. The van der Waals surface area contributed by atoms with E-state index in [1.54, 1.807) is 0 Å². The predicted molar refractivity (Wildman–Crippen MR) is 93.7 cm³/mol. The van der Waals surface area contributed by atoms with E-state index in [9.17, 15) is 0 Å². The molecular formula is C18H31NS. The van der Waals surface area contributed by atoms with Gasteiger partial charge in [-0.25, -0.2) is 0 Å². The van der Waals surface area contributed by atoms with Crippen LogP contribution in [0.25, 0.3) is 0 Å². The molecule has 0 radical (unpaired) electrons. The Labute approximate surface area is 129 Å². The molecule has 20 heavy (non-hydrogen) atoms. The van der Waals surface area contributed by atoms with Gasteiger partial charge >= 0.3 is 0 Å². The second-order valence-corrected chi connectivity index (χ2v) is 6.98. The van der Waals surface area contributed by atoms with Gasteiger partial charge in [-0.15, -0.1) is 0 Å². The van der Waals surface area contributed by atoms with Gasteiger partial charge in [0.05, 0.1) is 0 Å². The van der Waals surface area contributed by atoms with Crippen LogP contribution in [0.4, 0.5) is 0 Å². The Morgan fingerprint density at radius 3 is 2.45 bits per heavy atom. The molecule has 114 valence electrons. The molecule has 1 nitrogen and oxygen atoms in total. The summed E-state index contributed by atoms with van der Waals surface area (Å²) in [7, 11) is 0. The number of hydrogen-bond donors (Lipinski definition) is 1. The summed E-state index contributed by atoms with van der Waals surface area (Å²) in [6.07, 6.45) is 2.47. The largest absolute Gasteiger partial charge is 0.309 e. The fraction of sp³-hybridized carbons (Fsp3) is 0.667. The minimum atomic E-state index is 0.489. The maximum absolute atomic E-state index is 3.70. The van der Waals surface area contributed by atoms with Gasteiger partial charge in [-0.1, -0.05) is 45.4 Å². The van der Waals surface area contributed by atoms with Crippen LogP contribution in [0, 0.1) is 19.8 Å². The quantitative estimate of drug-likeness (QED) is 0.678. The predicted octanol–water partition coefficient (Wildman–Crippen LogP) is 5.12. The van der Waals surface area contributed by atoms with Crippen LogP contribution in [0.15, 0.2) is 18.2 Å². The summed E-state index contributed by atoms with van der Waals surface area (Å²) in [5.41, 5.74) is 4.23. The minimum Gasteiger partial charge on any atom is -0.309 e. The zero-order valence-corrected chi connectivity index (χ0v) is 14.6. The van der Waals surface area contributed by atoms with Gasteiger partial charge in [0.1, 0.15) is 0 Å². The molecule has 1 rings (SSSR count). The first kappa shape index (κ1) is 17.6. The lowest BCUT2D eigenvalue weighted by atomic mass is 10.0. The summed E-state index contributed by atoms with van der Waals surface area (Å²) in [6, 6.07) is 7.39. The van der Waals surface area contributed by atoms with Crippen molar-refractivity contribution in [1.29, 1.82) is 0 Å². The highest BCUT2D eigenvalue weighted by Crippen LogP contribution is 2.23. The van der Waals surface area contributed by atoms with Crippen molar-refractivity contribution in [3.63, 3.8) is 0 Å². The third kappa shape index (κ3) is 5.88. The van der Waals surface area contributed by atoms with Crippen LogP contribution in [-0.4, -0.2) is 18.1 Å². The Kier molecular flexibility index (Phi) is 8.32. The molecule has 2 atom stereocenters. The number of rotatable bonds is 9. The van der Waals surface area contributed by atoms with Crippen LogP contribution in [0.2, 0.25) is 0 Å². The summed E-state index contributed by atoms with van der Waals surface area (Å²) in [5, 5.41) is 3.70. The third-order valence-corrected chi connectivity index (χ3v) is 5.33. The maximum Gasteiger partial charge on any atom is 0.0411 e. The highest BCUT2D eigenvalue weighted by atomic mass is 32.2. The van der Waals surface area contributed by atoms with Gasteiger partial charge in [0, 0.05) is 11.8 Å². The molecule has 1 aromatic carbocycles. The molecule has 0 aliphatic heterocycles. The number of benzene rings is 1. The Hall–Kier alpha value is -0.470. The molecule has 2 heteroatoms. The maximum atomic E-state index is 3.70. The molecule has 0 aliphatic rings. The number of nitrogens with one attached hydrogen (secondary N) is 1. The van der Waals surface area contributed by atoms with E-state index >= 15 is 0 Å². The van der Waals surface area contributed by atoms with Gasteiger partial charge in [-0.3, -0.25) is 0 Å². The fourth-order valence-corrected chi connectivity index (χ4v) is 3.40. The van der Waals surface area contributed by atoms with Crippen molar-refractivity contribution in [2.45, 2.75) is 53.5 Å². The molecule has 0 saturated carbocycles. The second-order valence-electron chi connectivity index (χ2n) is 5.90. The van der Waals surface area contributed by atoms with E-state index in [0.717, 1.165) is 12.5 Å². The molecule has 2 unspecified atom stereocenters.